The number of pyridine rings is 1. The third-order valence-corrected chi connectivity index (χ3v) is 7.46. The van der Waals surface area contributed by atoms with Crippen LogP contribution in [0.2, 0.25) is 10.0 Å². The minimum atomic E-state index is -0.202. The summed E-state index contributed by atoms with van der Waals surface area (Å²) in [5, 5.41) is 4.29. The summed E-state index contributed by atoms with van der Waals surface area (Å²) in [6.07, 6.45) is 0.289. The molecule has 1 N–H and O–H groups in total. The van der Waals surface area contributed by atoms with Crippen molar-refractivity contribution < 1.29 is 9.59 Å². The van der Waals surface area contributed by atoms with E-state index in [1.54, 1.807) is 24.3 Å². The second-order valence-electron chi connectivity index (χ2n) is 8.12. The molecule has 0 saturated carbocycles. The Morgan fingerprint density at radius 3 is 2.43 bits per heavy atom. The van der Waals surface area contributed by atoms with Crippen molar-refractivity contribution >= 4 is 67.6 Å². The number of carbonyl (C=O) groups is 2. The lowest BCUT2D eigenvalue weighted by Gasteiger charge is -2.35. The number of nitrogens with one attached hydrogen (secondary N) is 1. The zero-order valence-electron chi connectivity index (χ0n) is 18.6. The Morgan fingerprint density at radius 2 is 1.69 bits per heavy atom. The molecule has 3 heterocycles. The molecule has 2 aromatic carbocycles. The fraction of sp³-hybridized carbons (Fsp3) is 0.200. The van der Waals surface area contributed by atoms with E-state index in [9.17, 15) is 9.59 Å². The first kappa shape index (κ1) is 23.5. The molecule has 1 saturated heterocycles. The quantitative estimate of drug-likeness (QED) is 0.390. The van der Waals surface area contributed by atoms with E-state index < -0.39 is 0 Å². The SMILES string of the molecule is O=C(Nc1nc2nc(N3CCN(C(=O)Cc4ccc(Cl)c(Cl)c4)CC3)ccc2s1)c1ccccc1. The van der Waals surface area contributed by atoms with Gasteiger partial charge in [0.1, 0.15) is 5.82 Å². The molecule has 1 aliphatic heterocycles. The van der Waals surface area contributed by atoms with Crippen molar-refractivity contribution in [3.63, 3.8) is 0 Å². The van der Waals surface area contributed by atoms with Crippen molar-refractivity contribution in [3.05, 3.63) is 81.8 Å². The average Bonchev–Trinajstić information content (AvgIpc) is 3.28. The van der Waals surface area contributed by atoms with Crippen LogP contribution in [-0.4, -0.2) is 52.9 Å². The van der Waals surface area contributed by atoms with Gasteiger partial charge in [-0.1, -0.05) is 58.8 Å². The largest absolute Gasteiger partial charge is 0.353 e. The summed E-state index contributed by atoms with van der Waals surface area (Å²) in [5.41, 5.74) is 2.01. The van der Waals surface area contributed by atoms with Crippen LogP contribution in [0.5, 0.6) is 0 Å². The van der Waals surface area contributed by atoms with Crippen molar-refractivity contribution in [2.24, 2.45) is 0 Å². The van der Waals surface area contributed by atoms with E-state index in [4.69, 9.17) is 28.2 Å². The van der Waals surface area contributed by atoms with E-state index in [1.165, 1.54) is 11.3 Å². The smallest absolute Gasteiger partial charge is 0.257 e. The van der Waals surface area contributed by atoms with E-state index in [-0.39, 0.29) is 18.2 Å². The molecule has 1 aliphatic rings. The maximum absolute atomic E-state index is 12.7. The number of piperazine rings is 1. The molecular weight excluding hydrogens is 505 g/mol. The molecule has 2 amide bonds. The van der Waals surface area contributed by atoms with E-state index in [0.29, 0.717) is 52.6 Å². The summed E-state index contributed by atoms with van der Waals surface area (Å²) >= 11 is 13.4. The van der Waals surface area contributed by atoms with Crippen LogP contribution in [0.1, 0.15) is 15.9 Å². The number of fused-ring (bicyclic) bond motifs is 1. The highest BCUT2D eigenvalue weighted by atomic mass is 35.5. The lowest BCUT2D eigenvalue weighted by atomic mass is 10.1. The third-order valence-electron chi connectivity index (χ3n) is 5.79. The number of nitrogens with zero attached hydrogens (tertiary/aromatic N) is 4. The number of hydrogen-bond acceptors (Lipinski definition) is 6. The van der Waals surface area contributed by atoms with Gasteiger partial charge in [0.25, 0.3) is 5.91 Å². The number of thiazole rings is 1. The molecule has 0 spiro atoms. The van der Waals surface area contributed by atoms with Gasteiger partial charge in [0.2, 0.25) is 5.91 Å². The topological polar surface area (TPSA) is 78.4 Å². The number of anilines is 2. The van der Waals surface area contributed by atoms with Gasteiger partial charge in [0, 0.05) is 31.7 Å². The summed E-state index contributed by atoms with van der Waals surface area (Å²) in [7, 11) is 0. The average molecular weight is 526 g/mol. The van der Waals surface area contributed by atoms with Gasteiger partial charge >= 0.3 is 0 Å². The van der Waals surface area contributed by atoms with Crippen LogP contribution < -0.4 is 10.2 Å². The first-order chi connectivity index (χ1) is 17.0. The Balaban J connectivity index is 1.20. The van der Waals surface area contributed by atoms with Crippen molar-refractivity contribution in [3.8, 4) is 0 Å². The van der Waals surface area contributed by atoms with E-state index in [1.807, 2.05) is 41.3 Å². The monoisotopic (exact) mass is 525 g/mol. The van der Waals surface area contributed by atoms with Gasteiger partial charge < -0.3 is 9.80 Å². The maximum atomic E-state index is 12.7. The van der Waals surface area contributed by atoms with Crippen molar-refractivity contribution in [2.45, 2.75) is 6.42 Å². The van der Waals surface area contributed by atoms with E-state index >= 15 is 0 Å². The van der Waals surface area contributed by atoms with Gasteiger partial charge in [-0.15, -0.1) is 0 Å². The number of halogens is 2. The molecule has 7 nitrogen and oxygen atoms in total. The number of benzene rings is 2. The molecule has 178 valence electrons. The Labute approximate surface area is 216 Å². The lowest BCUT2D eigenvalue weighted by molar-refractivity contribution is -0.130. The highest BCUT2D eigenvalue weighted by Gasteiger charge is 2.23. The fourth-order valence-corrected chi connectivity index (χ4v) is 5.04. The maximum Gasteiger partial charge on any atom is 0.257 e. The van der Waals surface area contributed by atoms with Gasteiger partial charge in [-0.2, -0.15) is 4.98 Å². The van der Waals surface area contributed by atoms with Crippen LogP contribution in [0.25, 0.3) is 10.3 Å². The molecule has 2 aromatic heterocycles. The van der Waals surface area contributed by atoms with Crippen LogP contribution in [0.15, 0.2) is 60.7 Å². The number of carbonyl (C=O) groups excluding carboxylic acids is 2. The first-order valence-corrected chi connectivity index (χ1v) is 12.6. The molecule has 10 heteroatoms. The third kappa shape index (κ3) is 5.40. The molecule has 0 atom stereocenters. The fourth-order valence-electron chi connectivity index (χ4n) is 3.92. The molecule has 0 unspecified atom stereocenters. The van der Waals surface area contributed by atoms with Gasteiger partial charge in [0.15, 0.2) is 10.8 Å². The number of aromatic nitrogens is 2. The summed E-state index contributed by atoms with van der Waals surface area (Å²) in [4.78, 5) is 38.4. The normalized spacial score (nSPS) is 13.8. The molecule has 35 heavy (non-hydrogen) atoms. The van der Waals surface area contributed by atoms with Crippen LogP contribution >= 0.6 is 34.5 Å². The predicted molar refractivity (Wildman–Crippen MR) is 141 cm³/mol. The molecule has 4 aromatic rings. The van der Waals surface area contributed by atoms with Crippen molar-refractivity contribution in [1.82, 2.24) is 14.9 Å². The Hall–Kier alpha value is -3.20. The van der Waals surface area contributed by atoms with Crippen molar-refractivity contribution in [2.75, 3.05) is 36.4 Å². The van der Waals surface area contributed by atoms with Crippen LogP contribution in [-0.2, 0) is 11.2 Å². The highest BCUT2D eigenvalue weighted by molar-refractivity contribution is 7.22. The molecular formula is C25H21Cl2N5O2S. The minimum absolute atomic E-state index is 0.0600. The minimum Gasteiger partial charge on any atom is -0.353 e. The van der Waals surface area contributed by atoms with Gasteiger partial charge in [-0.25, -0.2) is 4.98 Å². The summed E-state index contributed by atoms with van der Waals surface area (Å²) in [6, 6.07) is 18.2. The summed E-state index contributed by atoms with van der Waals surface area (Å²) in [5.74, 6) is 0.664. The van der Waals surface area contributed by atoms with Gasteiger partial charge in [-0.05, 0) is 42.0 Å². The Kier molecular flexibility index (Phi) is 6.86. The second kappa shape index (κ2) is 10.2. The standard InChI is InChI=1S/C25H21Cl2N5O2S/c26-18-7-6-16(14-19(18)27)15-22(33)32-12-10-31(11-13-32)21-9-8-20-23(28-21)29-25(35-20)30-24(34)17-4-2-1-3-5-17/h1-9,14H,10-13,15H2,(H,28,29,30,34). The summed E-state index contributed by atoms with van der Waals surface area (Å²) < 4.78 is 0.896. The lowest BCUT2D eigenvalue weighted by Crippen LogP contribution is -2.49. The van der Waals surface area contributed by atoms with Crippen molar-refractivity contribution in [1.29, 1.82) is 0 Å². The van der Waals surface area contributed by atoms with Crippen LogP contribution in [0, 0.1) is 0 Å². The number of hydrogen-bond donors (Lipinski definition) is 1. The summed E-state index contributed by atoms with van der Waals surface area (Å²) in [6.45, 7) is 2.56. The molecule has 0 radical (unpaired) electrons. The zero-order valence-corrected chi connectivity index (χ0v) is 20.9. The van der Waals surface area contributed by atoms with E-state index in [0.717, 1.165) is 16.1 Å². The molecule has 0 aliphatic carbocycles. The van der Waals surface area contributed by atoms with Gasteiger partial charge in [-0.3, -0.25) is 14.9 Å². The van der Waals surface area contributed by atoms with Gasteiger partial charge in [0.05, 0.1) is 21.2 Å². The molecule has 1 fully saturated rings. The number of amides is 2. The molecule has 5 rings (SSSR count). The van der Waals surface area contributed by atoms with E-state index in [2.05, 4.69) is 15.2 Å². The Morgan fingerprint density at radius 1 is 0.914 bits per heavy atom. The first-order valence-electron chi connectivity index (χ1n) is 11.1. The van der Waals surface area contributed by atoms with Crippen LogP contribution in [0.3, 0.4) is 0 Å². The van der Waals surface area contributed by atoms with Crippen LogP contribution in [0.4, 0.5) is 10.9 Å². The highest BCUT2D eigenvalue weighted by Crippen LogP contribution is 2.28. The Bertz CT molecular complexity index is 1390. The second-order valence-corrected chi connectivity index (χ2v) is 9.97. The predicted octanol–water partition coefficient (Wildman–Crippen LogP) is 5.14. The zero-order chi connectivity index (χ0) is 24.4. The number of rotatable bonds is 5. The molecule has 0 bridgehead atoms.